The second-order valence-electron chi connectivity index (χ2n) is 4.49. The van der Waals surface area contributed by atoms with Crippen molar-refractivity contribution < 1.29 is 9.53 Å². The molecule has 0 radical (unpaired) electrons. The highest BCUT2D eigenvalue weighted by Crippen LogP contribution is 2.31. The van der Waals surface area contributed by atoms with Gasteiger partial charge in [-0.3, -0.25) is 4.79 Å². The zero-order valence-corrected chi connectivity index (χ0v) is 9.40. The second-order valence-corrected chi connectivity index (χ2v) is 4.49. The Morgan fingerprint density at radius 1 is 1.47 bits per heavy atom. The highest BCUT2D eigenvalue weighted by Gasteiger charge is 2.29. The molecule has 0 spiro atoms. The maximum Gasteiger partial charge on any atom is 0.183 e. The number of allylic oxidation sites excluding steroid dienone is 1. The molecule has 15 heavy (non-hydrogen) atoms. The molecular weight excluding hydrogens is 188 g/mol. The fraction of sp³-hybridized carbons (Fsp3) is 0.615. The van der Waals surface area contributed by atoms with Crippen molar-refractivity contribution in [1.29, 1.82) is 0 Å². The van der Waals surface area contributed by atoms with E-state index in [4.69, 9.17) is 4.74 Å². The van der Waals surface area contributed by atoms with E-state index >= 15 is 0 Å². The second kappa shape index (κ2) is 4.31. The SMILES string of the molecule is CC1=CCCCC1[C@H]1C=CC(=O)[C@@H](C)O1. The fourth-order valence-electron chi connectivity index (χ4n) is 2.37. The molecule has 0 N–H and O–H groups in total. The van der Waals surface area contributed by atoms with Gasteiger partial charge in [0.15, 0.2) is 5.78 Å². The number of ketones is 1. The Labute approximate surface area is 91.0 Å². The Hall–Kier alpha value is -0.890. The zero-order chi connectivity index (χ0) is 10.8. The highest BCUT2D eigenvalue weighted by atomic mass is 16.5. The van der Waals surface area contributed by atoms with Crippen LogP contribution in [0.15, 0.2) is 23.8 Å². The van der Waals surface area contributed by atoms with E-state index in [2.05, 4.69) is 13.0 Å². The molecule has 1 heterocycles. The van der Waals surface area contributed by atoms with E-state index in [-0.39, 0.29) is 18.0 Å². The highest BCUT2D eigenvalue weighted by molar-refractivity contribution is 5.93. The molecule has 0 aromatic carbocycles. The summed E-state index contributed by atoms with van der Waals surface area (Å²) in [4.78, 5) is 11.3. The average molecular weight is 206 g/mol. The van der Waals surface area contributed by atoms with Gasteiger partial charge in [0.2, 0.25) is 0 Å². The maximum absolute atomic E-state index is 11.3. The number of hydrogen-bond donors (Lipinski definition) is 0. The molecule has 0 amide bonds. The Bertz CT molecular complexity index is 314. The van der Waals surface area contributed by atoms with Crippen molar-refractivity contribution in [1.82, 2.24) is 0 Å². The van der Waals surface area contributed by atoms with Gasteiger partial charge in [-0.15, -0.1) is 0 Å². The van der Waals surface area contributed by atoms with Crippen molar-refractivity contribution in [2.24, 2.45) is 5.92 Å². The summed E-state index contributed by atoms with van der Waals surface area (Å²) < 4.78 is 5.73. The minimum absolute atomic E-state index is 0.0868. The molecule has 1 unspecified atom stereocenters. The Kier molecular flexibility index (Phi) is 3.06. The van der Waals surface area contributed by atoms with E-state index in [9.17, 15) is 4.79 Å². The number of carbonyl (C=O) groups is 1. The van der Waals surface area contributed by atoms with E-state index in [1.54, 1.807) is 6.08 Å². The predicted octanol–water partition coefficient (Wildman–Crippen LogP) is 2.65. The molecule has 2 aliphatic rings. The normalized spacial score (nSPS) is 36.5. The molecular formula is C13H18O2. The van der Waals surface area contributed by atoms with Crippen LogP contribution in [-0.4, -0.2) is 18.0 Å². The van der Waals surface area contributed by atoms with Crippen molar-refractivity contribution in [2.45, 2.75) is 45.3 Å². The molecule has 0 saturated heterocycles. The molecule has 82 valence electrons. The lowest BCUT2D eigenvalue weighted by molar-refractivity contribution is -0.130. The van der Waals surface area contributed by atoms with Crippen LogP contribution in [0.1, 0.15) is 33.1 Å². The summed E-state index contributed by atoms with van der Waals surface area (Å²) in [6.07, 6.45) is 9.34. The van der Waals surface area contributed by atoms with Gasteiger partial charge in [0.05, 0.1) is 6.10 Å². The lowest BCUT2D eigenvalue weighted by Gasteiger charge is -2.32. The van der Waals surface area contributed by atoms with E-state index in [1.807, 2.05) is 13.0 Å². The molecule has 2 heteroatoms. The van der Waals surface area contributed by atoms with Crippen LogP contribution in [0.3, 0.4) is 0 Å². The van der Waals surface area contributed by atoms with Crippen LogP contribution in [0.4, 0.5) is 0 Å². The average Bonchev–Trinajstić information content (AvgIpc) is 2.23. The molecule has 0 bridgehead atoms. The summed E-state index contributed by atoms with van der Waals surface area (Å²) in [7, 11) is 0. The standard InChI is InChI=1S/C13H18O2/c1-9-5-3-4-6-11(9)13-8-7-12(14)10(2)15-13/h5,7-8,10-11,13H,3-4,6H2,1-2H3/t10-,11?,13-/m1/s1. The molecule has 0 aromatic heterocycles. The van der Waals surface area contributed by atoms with Gasteiger partial charge in [-0.05, 0) is 39.2 Å². The molecule has 3 atom stereocenters. The first-order valence-electron chi connectivity index (χ1n) is 5.72. The van der Waals surface area contributed by atoms with Gasteiger partial charge in [-0.25, -0.2) is 0 Å². The van der Waals surface area contributed by atoms with Gasteiger partial charge < -0.3 is 4.74 Å². The molecule has 2 nitrogen and oxygen atoms in total. The maximum atomic E-state index is 11.3. The molecule has 0 saturated carbocycles. The summed E-state index contributed by atoms with van der Waals surface area (Å²) >= 11 is 0. The van der Waals surface area contributed by atoms with Crippen molar-refractivity contribution >= 4 is 5.78 Å². The molecule has 2 rings (SSSR count). The number of carbonyl (C=O) groups excluding carboxylic acids is 1. The van der Waals surface area contributed by atoms with Gasteiger partial charge in [0.25, 0.3) is 0 Å². The third-order valence-corrected chi connectivity index (χ3v) is 3.38. The van der Waals surface area contributed by atoms with E-state index in [1.165, 1.54) is 24.8 Å². The van der Waals surface area contributed by atoms with Crippen LogP contribution in [-0.2, 0) is 9.53 Å². The van der Waals surface area contributed by atoms with Crippen molar-refractivity contribution in [3.8, 4) is 0 Å². The molecule has 0 fully saturated rings. The van der Waals surface area contributed by atoms with Crippen molar-refractivity contribution in [3.05, 3.63) is 23.8 Å². The van der Waals surface area contributed by atoms with Gasteiger partial charge in [-0.2, -0.15) is 0 Å². The fourth-order valence-corrected chi connectivity index (χ4v) is 2.37. The van der Waals surface area contributed by atoms with Crippen LogP contribution >= 0.6 is 0 Å². The monoisotopic (exact) mass is 206 g/mol. The summed E-state index contributed by atoms with van der Waals surface area (Å²) in [6, 6.07) is 0. The summed E-state index contributed by atoms with van der Waals surface area (Å²) in [5, 5.41) is 0. The first kappa shape index (κ1) is 10.6. The Balaban J connectivity index is 2.11. The largest absolute Gasteiger partial charge is 0.362 e. The van der Waals surface area contributed by atoms with Gasteiger partial charge in [-0.1, -0.05) is 17.7 Å². The molecule has 0 aromatic rings. The van der Waals surface area contributed by atoms with E-state index in [0.717, 1.165) is 0 Å². The summed E-state index contributed by atoms with van der Waals surface area (Å²) in [6.45, 7) is 4.00. The third-order valence-electron chi connectivity index (χ3n) is 3.38. The van der Waals surface area contributed by atoms with Crippen LogP contribution in [0, 0.1) is 5.92 Å². The lowest BCUT2D eigenvalue weighted by Crippen LogP contribution is -2.35. The molecule has 1 aliphatic carbocycles. The van der Waals surface area contributed by atoms with Gasteiger partial charge in [0, 0.05) is 5.92 Å². The number of rotatable bonds is 1. The van der Waals surface area contributed by atoms with Crippen molar-refractivity contribution in [3.63, 3.8) is 0 Å². The number of ether oxygens (including phenoxy) is 1. The van der Waals surface area contributed by atoms with E-state index < -0.39 is 0 Å². The first-order chi connectivity index (χ1) is 7.18. The van der Waals surface area contributed by atoms with Gasteiger partial charge >= 0.3 is 0 Å². The van der Waals surface area contributed by atoms with Crippen molar-refractivity contribution in [2.75, 3.05) is 0 Å². The van der Waals surface area contributed by atoms with Crippen LogP contribution in [0.2, 0.25) is 0 Å². The van der Waals surface area contributed by atoms with Crippen LogP contribution in [0.5, 0.6) is 0 Å². The molecule has 1 aliphatic heterocycles. The van der Waals surface area contributed by atoms with Crippen LogP contribution in [0.25, 0.3) is 0 Å². The summed E-state index contributed by atoms with van der Waals surface area (Å²) in [5.74, 6) is 0.564. The Morgan fingerprint density at radius 2 is 2.27 bits per heavy atom. The lowest BCUT2D eigenvalue weighted by atomic mass is 9.83. The van der Waals surface area contributed by atoms with Gasteiger partial charge in [0.1, 0.15) is 6.10 Å². The topological polar surface area (TPSA) is 26.3 Å². The quantitative estimate of drug-likeness (QED) is 0.616. The third kappa shape index (κ3) is 2.20. The predicted molar refractivity (Wildman–Crippen MR) is 59.6 cm³/mol. The minimum atomic E-state index is -0.269. The zero-order valence-electron chi connectivity index (χ0n) is 9.40. The minimum Gasteiger partial charge on any atom is -0.362 e. The first-order valence-corrected chi connectivity index (χ1v) is 5.72. The van der Waals surface area contributed by atoms with Crippen LogP contribution < -0.4 is 0 Å². The Morgan fingerprint density at radius 3 is 2.93 bits per heavy atom. The van der Waals surface area contributed by atoms with E-state index in [0.29, 0.717) is 5.92 Å². The summed E-state index contributed by atoms with van der Waals surface area (Å²) in [5.41, 5.74) is 1.41. The smallest absolute Gasteiger partial charge is 0.183 e. The number of hydrogen-bond acceptors (Lipinski definition) is 2.